The number of carbonyl (C=O) groups is 1. The summed E-state index contributed by atoms with van der Waals surface area (Å²) in [7, 11) is 2.11. The summed E-state index contributed by atoms with van der Waals surface area (Å²) in [6, 6.07) is 12.3. The first-order chi connectivity index (χ1) is 14.0. The van der Waals surface area contributed by atoms with Gasteiger partial charge in [0, 0.05) is 42.8 Å². The van der Waals surface area contributed by atoms with Crippen molar-refractivity contribution in [3.63, 3.8) is 0 Å². The number of carbonyl (C=O) groups excluding carboxylic acids is 1. The number of fused-ring (bicyclic) bond motifs is 2. The average Bonchev–Trinajstić information content (AvgIpc) is 3.30. The number of hydrogen-bond acceptors (Lipinski definition) is 5. The van der Waals surface area contributed by atoms with Crippen molar-refractivity contribution in [2.24, 2.45) is 0 Å². The minimum absolute atomic E-state index is 0.0426. The summed E-state index contributed by atoms with van der Waals surface area (Å²) in [6.45, 7) is 5.97. The molecule has 3 aromatic rings. The van der Waals surface area contributed by atoms with E-state index in [0.717, 1.165) is 60.3 Å². The summed E-state index contributed by atoms with van der Waals surface area (Å²) < 4.78 is 5.86. The first-order valence-electron chi connectivity index (χ1n) is 9.94. The Balaban J connectivity index is 1.35. The summed E-state index contributed by atoms with van der Waals surface area (Å²) in [4.78, 5) is 16.3. The van der Waals surface area contributed by atoms with Gasteiger partial charge in [0.25, 0.3) is 0 Å². The Labute approximate surface area is 180 Å². The predicted molar refractivity (Wildman–Crippen MR) is 122 cm³/mol. The number of aromatic nitrogens is 1. The highest BCUT2D eigenvalue weighted by Crippen LogP contribution is 2.30. The topological polar surface area (TPSA) is 48.5 Å². The average molecular weight is 429 g/mol. The van der Waals surface area contributed by atoms with Crippen molar-refractivity contribution in [1.82, 2.24) is 9.27 Å². The lowest BCUT2D eigenvalue weighted by Gasteiger charge is -2.25. The Bertz CT molecular complexity index is 1030. The number of rotatable bonds is 8. The molecule has 0 fully saturated rings. The molecule has 1 aliphatic rings. The van der Waals surface area contributed by atoms with Crippen LogP contribution in [-0.4, -0.2) is 48.4 Å². The van der Waals surface area contributed by atoms with Crippen LogP contribution in [0.1, 0.15) is 18.1 Å². The summed E-state index contributed by atoms with van der Waals surface area (Å²) in [5.41, 5.74) is 3.01. The lowest BCUT2D eigenvalue weighted by molar-refractivity contribution is -0.115. The largest absolute Gasteiger partial charge is 0.357 e. The number of anilines is 2. The van der Waals surface area contributed by atoms with E-state index in [9.17, 15) is 4.79 Å². The highest BCUT2D eigenvalue weighted by atomic mass is 35.5. The van der Waals surface area contributed by atoms with Crippen LogP contribution < -0.4 is 10.2 Å². The molecule has 0 saturated heterocycles. The van der Waals surface area contributed by atoms with Crippen molar-refractivity contribution >= 4 is 50.6 Å². The van der Waals surface area contributed by atoms with Crippen molar-refractivity contribution in [1.29, 1.82) is 0 Å². The van der Waals surface area contributed by atoms with Gasteiger partial charge in [-0.15, -0.1) is 0 Å². The summed E-state index contributed by atoms with van der Waals surface area (Å²) in [5, 5.41) is 4.80. The van der Waals surface area contributed by atoms with Crippen LogP contribution >= 0.6 is 23.1 Å². The molecule has 1 aromatic heterocycles. The molecule has 0 aliphatic carbocycles. The molecule has 0 unspecified atom stereocenters. The molecule has 2 heterocycles. The number of benzene rings is 2. The van der Waals surface area contributed by atoms with Crippen LogP contribution in [0, 0.1) is 0 Å². The third-order valence-electron chi connectivity index (χ3n) is 5.51. The second kappa shape index (κ2) is 8.69. The number of likely N-dealkylation sites (N-methyl/N-ethyl adjacent to an activating group) is 2. The smallest absolute Gasteiger partial charge is 0.228 e. The Morgan fingerprint density at radius 3 is 2.86 bits per heavy atom. The van der Waals surface area contributed by atoms with E-state index in [0.29, 0.717) is 6.42 Å². The second-order valence-electron chi connectivity index (χ2n) is 7.43. The number of halogens is 1. The molecule has 0 spiro atoms. The Hall–Kier alpha value is -2.15. The Morgan fingerprint density at radius 2 is 2.03 bits per heavy atom. The van der Waals surface area contributed by atoms with Gasteiger partial charge in [-0.3, -0.25) is 4.79 Å². The third-order valence-corrected chi connectivity index (χ3v) is 6.68. The molecule has 2 aromatic carbocycles. The van der Waals surface area contributed by atoms with E-state index in [1.165, 1.54) is 10.1 Å². The Kier molecular flexibility index (Phi) is 6.04. The number of hydrogen-bond donors (Lipinski definition) is 1. The van der Waals surface area contributed by atoms with Crippen molar-refractivity contribution in [3.05, 3.63) is 52.5 Å². The molecule has 1 amide bonds. The molecule has 0 saturated carbocycles. The molecular formula is C22H25ClN4OS. The molecule has 29 heavy (non-hydrogen) atoms. The fourth-order valence-electron chi connectivity index (χ4n) is 3.74. The zero-order valence-electron chi connectivity index (χ0n) is 16.7. The van der Waals surface area contributed by atoms with Gasteiger partial charge in [-0.1, -0.05) is 36.7 Å². The van der Waals surface area contributed by atoms with Gasteiger partial charge in [0.05, 0.1) is 11.1 Å². The van der Waals surface area contributed by atoms with Crippen LogP contribution in [0.3, 0.4) is 0 Å². The van der Waals surface area contributed by atoms with Crippen LogP contribution in [0.5, 0.6) is 0 Å². The molecule has 0 atom stereocenters. The van der Waals surface area contributed by atoms with Crippen LogP contribution in [-0.2, 0) is 17.6 Å². The fraction of sp³-hybridized carbons (Fsp3) is 0.364. The van der Waals surface area contributed by atoms with E-state index in [2.05, 4.69) is 63.8 Å². The van der Waals surface area contributed by atoms with Crippen molar-refractivity contribution in [2.75, 3.05) is 43.4 Å². The van der Waals surface area contributed by atoms with E-state index in [1.54, 1.807) is 11.5 Å². The molecule has 4 rings (SSSR count). The van der Waals surface area contributed by atoms with Gasteiger partial charge in [-0.05, 0) is 53.8 Å². The second-order valence-corrected chi connectivity index (χ2v) is 8.65. The summed E-state index contributed by atoms with van der Waals surface area (Å²) >= 11 is 8.00. The van der Waals surface area contributed by atoms with Crippen LogP contribution in [0.4, 0.5) is 11.5 Å². The number of nitrogens with zero attached hydrogens (tertiary/aromatic N) is 3. The zero-order valence-corrected chi connectivity index (χ0v) is 18.3. The van der Waals surface area contributed by atoms with Gasteiger partial charge >= 0.3 is 0 Å². The Morgan fingerprint density at radius 1 is 1.21 bits per heavy atom. The van der Waals surface area contributed by atoms with Gasteiger partial charge in [0.2, 0.25) is 5.91 Å². The van der Waals surface area contributed by atoms with Crippen LogP contribution in [0.2, 0.25) is 5.02 Å². The highest BCUT2D eigenvalue weighted by molar-refractivity contribution is 7.13. The van der Waals surface area contributed by atoms with Crippen LogP contribution in [0.25, 0.3) is 10.1 Å². The lowest BCUT2D eigenvalue weighted by atomic mass is 10.1. The molecule has 0 radical (unpaired) electrons. The summed E-state index contributed by atoms with van der Waals surface area (Å²) in [5.74, 6) is 1.10. The first-order valence-corrected chi connectivity index (χ1v) is 11.1. The molecule has 1 aliphatic heterocycles. The molecule has 7 heteroatoms. The maximum Gasteiger partial charge on any atom is 0.228 e. The first kappa shape index (κ1) is 20.1. The molecule has 1 N–H and O–H groups in total. The minimum Gasteiger partial charge on any atom is -0.357 e. The normalized spacial score (nSPS) is 13.2. The zero-order chi connectivity index (χ0) is 20.4. The highest BCUT2D eigenvalue weighted by Gasteiger charge is 2.20. The molecular weight excluding hydrogens is 404 g/mol. The standard InChI is InChI=1S/C22H25ClN4OS/c1-3-27(9-8-15-12-16-13-21(28)24-19(16)14-18(15)23)11-10-26(2)22-17-6-4-5-7-20(17)29-25-22/h4-7,12,14H,3,8-11,13H2,1-2H3,(H,24,28). The van der Waals surface area contributed by atoms with E-state index in [1.807, 2.05) is 6.07 Å². The van der Waals surface area contributed by atoms with Crippen molar-refractivity contribution < 1.29 is 4.79 Å². The number of amides is 1. The SMILES string of the molecule is CCN(CCc1cc2c(cc1Cl)NC(=O)C2)CCN(C)c1nsc2ccccc12. The predicted octanol–water partition coefficient (Wildman–Crippen LogP) is 4.45. The molecule has 152 valence electrons. The minimum atomic E-state index is 0.0426. The molecule has 5 nitrogen and oxygen atoms in total. The van der Waals surface area contributed by atoms with Gasteiger partial charge in [0.15, 0.2) is 0 Å². The molecule has 0 bridgehead atoms. The maximum absolute atomic E-state index is 11.6. The quantitative estimate of drug-likeness (QED) is 0.576. The monoisotopic (exact) mass is 428 g/mol. The van der Waals surface area contributed by atoms with Gasteiger partial charge in [0.1, 0.15) is 5.82 Å². The van der Waals surface area contributed by atoms with Crippen molar-refractivity contribution in [3.8, 4) is 0 Å². The summed E-state index contributed by atoms with van der Waals surface area (Å²) in [6.07, 6.45) is 1.32. The van der Waals surface area contributed by atoms with Crippen molar-refractivity contribution in [2.45, 2.75) is 19.8 Å². The van der Waals surface area contributed by atoms with E-state index >= 15 is 0 Å². The fourth-order valence-corrected chi connectivity index (χ4v) is 4.82. The van der Waals surface area contributed by atoms with E-state index in [4.69, 9.17) is 11.6 Å². The lowest BCUT2D eigenvalue weighted by Crippen LogP contribution is -2.34. The van der Waals surface area contributed by atoms with E-state index in [-0.39, 0.29) is 5.91 Å². The van der Waals surface area contributed by atoms with Crippen LogP contribution in [0.15, 0.2) is 36.4 Å². The van der Waals surface area contributed by atoms with Gasteiger partial charge < -0.3 is 15.1 Å². The van der Waals surface area contributed by atoms with E-state index < -0.39 is 0 Å². The maximum atomic E-state index is 11.6. The van der Waals surface area contributed by atoms with Gasteiger partial charge in [-0.25, -0.2) is 0 Å². The van der Waals surface area contributed by atoms with Gasteiger partial charge in [-0.2, -0.15) is 4.37 Å². The number of nitrogens with one attached hydrogen (secondary N) is 1. The third kappa shape index (κ3) is 4.39.